The number of hydrogen-bond acceptors (Lipinski definition) is 9. The zero-order valence-corrected chi connectivity index (χ0v) is 19.6. The molecule has 0 aliphatic heterocycles. The highest BCUT2D eigenvalue weighted by Crippen LogP contribution is 2.28. The Labute approximate surface area is 192 Å². The van der Waals surface area contributed by atoms with E-state index in [1.165, 1.54) is 0 Å². The van der Waals surface area contributed by atoms with Crippen molar-refractivity contribution in [3.8, 4) is 0 Å². The van der Waals surface area contributed by atoms with E-state index in [0.717, 1.165) is 21.6 Å². The summed E-state index contributed by atoms with van der Waals surface area (Å²) in [6.45, 7) is 1.09. The van der Waals surface area contributed by atoms with Crippen LogP contribution in [0.25, 0.3) is 0 Å². The number of pyridine rings is 2. The lowest BCUT2D eigenvalue weighted by molar-refractivity contribution is -0.123. The molecule has 162 valence electrons. The molecule has 11 heteroatoms. The van der Waals surface area contributed by atoms with Gasteiger partial charge in [-0.1, -0.05) is 33.7 Å². The van der Waals surface area contributed by atoms with Crippen LogP contribution < -0.4 is 16.4 Å². The Bertz CT molecular complexity index is 755. The van der Waals surface area contributed by atoms with Crippen molar-refractivity contribution in [3.05, 3.63) is 48.8 Å². The quantitative estimate of drug-likeness (QED) is 0.276. The lowest BCUT2D eigenvalue weighted by Gasteiger charge is -2.12. The topological polar surface area (TPSA) is 110 Å². The molecule has 1 atom stereocenters. The van der Waals surface area contributed by atoms with Gasteiger partial charge in [0, 0.05) is 43.4 Å². The van der Waals surface area contributed by atoms with E-state index in [1.807, 2.05) is 36.4 Å². The minimum Gasteiger partial charge on any atom is -0.355 e. The number of carbonyl (C=O) groups is 2. The Morgan fingerprint density at radius 1 is 0.900 bits per heavy atom. The van der Waals surface area contributed by atoms with E-state index in [-0.39, 0.29) is 18.2 Å². The second-order valence-corrected chi connectivity index (χ2v) is 10.8. The van der Waals surface area contributed by atoms with Gasteiger partial charge in [0.15, 0.2) is 0 Å². The van der Waals surface area contributed by atoms with Gasteiger partial charge in [-0.05, 0) is 52.3 Å². The summed E-state index contributed by atoms with van der Waals surface area (Å²) in [5.74, 6) is 1.19. The number of nitrogens with one attached hydrogen (secondary N) is 2. The van der Waals surface area contributed by atoms with Gasteiger partial charge in [0.2, 0.25) is 11.8 Å². The van der Waals surface area contributed by atoms with Crippen LogP contribution in [0.15, 0.2) is 58.8 Å². The molecule has 0 saturated carbocycles. The Balaban J connectivity index is 1.46. The number of hydrogen-bond donors (Lipinski definition) is 3. The number of rotatable bonds is 14. The van der Waals surface area contributed by atoms with Crippen LogP contribution in [-0.4, -0.2) is 52.4 Å². The third kappa shape index (κ3) is 11.1. The van der Waals surface area contributed by atoms with E-state index in [2.05, 4.69) is 20.6 Å². The van der Waals surface area contributed by atoms with Crippen molar-refractivity contribution in [2.45, 2.75) is 28.9 Å². The molecule has 0 aliphatic rings. The zero-order valence-electron chi connectivity index (χ0n) is 16.4. The number of carbonyl (C=O) groups excluding carboxylic acids is 2. The molecule has 2 rings (SSSR count). The molecule has 0 aromatic carbocycles. The zero-order chi connectivity index (χ0) is 21.4. The molecule has 0 radical (unpaired) electrons. The summed E-state index contributed by atoms with van der Waals surface area (Å²) < 4.78 is 0. The summed E-state index contributed by atoms with van der Waals surface area (Å²) in [5, 5.41) is 7.53. The van der Waals surface area contributed by atoms with Gasteiger partial charge in [-0.3, -0.25) is 9.59 Å². The van der Waals surface area contributed by atoms with Crippen LogP contribution in [0.1, 0.15) is 12.8 Å². The molecule has 0 fully saturated rings. The van der Waals surface area contributed by atoms with Crippen molar-refractivity contribution in [2.24, 2.45) is 5.73 Å². The van der Waals surface area contributed by atoms with Gasteiger partial charge in [0.05, 0.1) is 6.04 Å². The summed E-state index contributed by atoms with van der Waals surface area (Å²) in [7, 11) is 6.40. The first-order valence-corrected chi connectivity index (χ1v) is 14.0. The Kier molecular flexibility index (Phi) is 12.8. The van der Waals surface area contributed by atoms with Gasteiger partial charge in [0.1, 0.15) is 10.1 Å². The van der Waals surface area contributed by atoms with Gasteiger partial charge in [-0.15, -0.1) is 0 Å². The molecule has 30 heavy (non-hydrogen) atoms. The lowest BCUT2D eigenvalue weighted by atomic mass is 10.1. The van der Waals surface area contributed by atoms with Gasteiger partial charge >= 0.3 is 0 Å². The summed E-state index contributed by atoms with van der Waals surface area (Å²) >= 11 is 0. The maximum atomic E-state index is 12.0. The fourth-order valence-electron chi connectivity index (χ4n) is 2.08. The van der Waals surface area contributed by atoms with E-state index >= 15 is 0 Å². The average Bonchev–Trinajstić information content (AvgIpc) is 2.78. The number of amides is 2. The van der Waals surface area contributed by atoms with Crippen LogP contribution in [0.2, 0.25) is 0 Å². The van der Waals surface area contributed by atoms with E-state index in [4.69, 9.17) is 5.73 Å². The van der Waals surface area contributed by atoms with E-state index in [0.29, 0.717) is 19.5 Å². The monoisotopic (exact) mass is 483 g/mol. The standard InChI is InChI=1S/C19H25N5O2S4/c20-15(19(26)24-12-14-28-30-18-6-2-4-10-23-18)7-8-16(25)21-11-13-27-29-17-5-1-3-9-22-17/h1-6,9-10,15H,7-8,11-14,20H2,(H,21,25)(H,24,26). The summed E-state index contributed by atoms with van der Waals surface area (Å²) in [6, 6.07) is 10.8. The van der Waals surface area contributed by atoms with Crippen molar-refractivity contribution in [2.75, 3.05) is 24.6 Å². The summed E-state index contributed by atoms with van der Waals surface area (Å²) in [6.07, 6.45) is 4.06. The molecule has 0 aliphatic carbocycles. The van der Waals surface area contributed by atoms with E-state index in [1.54, 1.807) is 55.6 Å². The van der Waals surface area contributed by atoms with Crippen LogP contribution in [-0.2, 0) is 9.59 Å². The van der Waals surface area contributed by atoms with Crippen molar-refractivity contribution in [1.82, 2.24) is 20.6 Å². The highest BCUT2D eigenvalue weighted by Gasteiger charge is 2.14. The maximum absolute atomic E-state index is 12.0. The van der Waals surface area contributed by atoms with Crippen molar-refractivity contribution in [3.63, 3.8) is 0 Å². The molecule has 7 nitrogen and oxygen atoms in total. The number of nitrogens with two attached hydrogens (primary N) is 1. The van der Waals surface area contributed by atoms with E-state index in [9.17, 15) is 9.59 Å². The van der Waals surface area contributed by atoms with Gasteiger partial charge in [-0.2, -0.15) is 0 Å². The van der Waals surface area contributed by atoms with Gasteiger partial charge < -0.3 is 16.4 Å². The second kappa shape index (κ2) is 15.4. The van der Waals surface area contributed by atoms with Crippen molar-refractivity contribution >= 4 is 55.0 Å². The maximum Gasteiger partial charge on any atom is 0.236 e. The minimum atomic E-state index is -0.682. The largest absolute Gasteiger partial charge is 0.355 e. The average molecular weight is 484 g/mol. The number of nitrogens with zero attached hydrogens (tertiary/aromatic N) is 2. The molecule has 0 bridgehead atoms. The molecule has 2 heterocycles. The second-order valence-electron chi connectivity index (χ2n) is 5.93. The first-order chi connectivity index (χ1) is 14.6. The molecular weight excluding hydrogens is 459 g/mol. The summed E-state index contributed by atoms with van der Waals surface area (Å²) in [5.41, 5.74) is 5.88. The molecule has 0 saturated heterocycles. The van der Waals surface area contributed by atoms with Crippen LogP contribution >= 0.6 is 43.2 Å². The third-order valence-corrected chi connectivity index (χ3v) is 8.11. The predicted molar refractivity (Wildman–Crippen MR) is 128 cm³/mol. The Morgan fingerprint density at radius 3 is 2.00 bits per heavy atom. The number of aromatic nitrogens is 2. The first kappa shape index (κ1) is 24.9. The molecule has 1 unspecified atom stereocenters. The van der Waals surface area contributed by atoms with Gasteiger partial charge in [-0.25, -0.2) is 9.97 Å². The van der Waals surface area contributed by atoms with Crippen LogP contribution in [0, 0.1) is 0 Å². The first-order valence-electron chi connectivity index (χ1n) is 9.36. The Hall–Kier alpha value is -1.40. The van der Waals surface area contributed by atoms with E-state index < -0.39 is 6.04 Å². The molecule has 2 aromatic heterocycles. The van der Waals surface area contributed by atoms with Gasteiger partial charge in [0.25, 0.3) is 0 Å². The third-order valence-electron chi connectivity index (χ3n) is 3.58. The van der Waals surface area contributed by atoms with Crippen LogP contribution in [0.5, 0.6) is 0 Å². The fourth-order valence-corrected chi connectivity index (χ4v) is 5.65. The van der Waals surface area contributed by atoms with Crippen molar-refractivity contribution < 1.29 is 9.59 Å². The smallest absolute Gasteiger partial charge is 0.236 e. The molecule has 2 amide bonds. The normalized spacial score (nSPS) is 11.6. The highest BCUT2D eigenvalue weighted by molar-refractivity contribution is 8.77. The molecule has 2 aromatic rings. The Morgan fingerprint density at radius 2 is 1.47 bits per heavy atom. The van der Waals surface area contributed by atoms with Crippen LogP contribution in [0.3, 0.4) is 0 Å². The van der Waals surface area contributed by atoms with Crippen molar-refractivity contribution in [1.29, 1.82) is 0 Å². The molecule has 4 N–H and O–H groups in total. The highest BCUT2D eigenvalue weighted by atomic mass is 33.1. The van der Waals surface area contributed by atoms with Crippen LogP contribution in [0.4, 0.5) is 0 Å². The SMILES string of the molecule is NC(CCC(=O)NCCSSc1ccccn1)C(=O)NCCSSc1ccccn1. The minimum absolute atomic E-state index is 0.0935. The molecular formula is C19H25N5O2S4. The fraction of sp³-hybridized carbons (Fsp3) is 0.368. The lowest BCUT2D eigenvalue weighted by Crippen LogP contribution is -2.42. The summed E-state index contributed by atoms with van der Waals surface area (Å²) in [4.78, 5) is 32.4. The predicted octanol–water partition coefficient (Wildman–Crippen LogP) is 3.00. The molecule has 0 spiro atoms.